The van der Waals surface area contributed by atoms with Crippen LogP contribution in [0.25, 0.3) is 0 Å². The summed E-state index contributed by atoms with van der Waals surface area (Å²) in [6.07, 6.45) is -3.90. The Kier molecular flexibility index (Phi) is 7.81. The lowest BCUT2D eigenvalue weighted by molar-refractivity contribution is -0.137. The molecule has 0 fully saturated rings. The summed E-state index contributed by atoms with van der Waals surface area (Å²) in [7, 11) is -3.21. The van der Waals surface area contributed by atoms with Crippen molar-refractivity contribution < 1.29 is 35.5 Å². The quantitative estimate of drug-likeness (QED) is 0.526. The van der Waals surface area contributed by atoms with Gasteiger partial charge in [-0.2, -0.15) is 17.5 Å². The third-order valence-corrected chi connectivity index (χ3v) is 7.48. The van der Waals surface area contributed by atoms with Gasteiger partial charge in [-0.05, 0) is 48.4 Å². The van der Waals surface area contributed by atoms with Gasteiger partial charge in [-0.1, -0.05) is 29.3 Å². The van der Waals surface area contributed by atoms with Crippen LogP contribution < -0.4 is 10.1 Å². The minimum atomic E-state index is -4.69. The van der Waals surface area contributed by atoms with Crippen molar-refractivity contribution in [1.82, 2.24) is 9.62 Å². The van der Waals surface area contributed by atoms with E-state index in [1.807, 2.05) is 0 Å². The first-order valence-corrected chi connectivity index (χ1v) is 11.9. The topological polar surface area (TPSA) is 75.7 Å². The second-order valence-electron chi connectivity index (χ2n) is 7.28. The van der Waals surface area contributed by atoms with E-state index in [0.717, 1.165) is 24.3 Å². The van der Waals surface area contributed by atoms with Gasteiger partial charge in [0.2, 0.25) is 15.9 Å². The molecule has 2 aromatic carbocycles. The van der Waals surface area contributed by atoms with Crippen LogP contribution in [0.1, 0.15) is 17.5 Å². The van der Waals surface area contributed by atoms with E-state index in [2.05, 4.69) is 5.32 Å². The van der Waals surface area contributed by atoms with Crippen LogP contribution in [-0.4, -0.2) is 38.3 Å². The highest BCUT2D eigenvalue weighted by Crippen LogP contribution is 2.35. The first-order valence-electron chi connectivity index (χ1n) is 9.68. The van der Waals surface area contributed by atoms with Crippen molar-refractivity contribution in [3.8, 4) is 5.75 Å². The lowest BCUT2D eigenvalue weighted by Gasteiger charge is -2.32. The van der Waals surface area contributed by atoms with E-state index in [9.17, 15) is 30.8 Å². The lowest BCUT2D eigenvalue weighted by Crippen LogP contribution is -2.51. The van der Waals surface area contributed by atoms with Gasteiger partial charge in [-0.15, -0.1) is 0 Å². The molecule has 0 spiro atoms. The number of methoxy groups -OCH3 is 1. The minimum absolute atomic E-state index is 0.0561. The van der Waals surface area contributed by atoms with Crippen molar-refractivity contribution in [1.29, 1.82) is 0 Å². The van der Waals surface area contributed by atoms with Gasteiger partial charge < -0.3 is 10.1 Å². The molecule has 1 N–H and O–H groups in total. The maximum absolute atomic E-state index is 14.1. The van der Waals surface area contributed by atoms with E-state index >= 15 is 0 Å². The average Bonchev–Trinajstić information content (AvgIpc) is 2.77. The van der Waals surface area contributed by atoms with E-state index in [0.29, 0.717) is 4.31 Å². The van der Waals surface area contributed by atoms with Gasteiger partial charge in [-0.25, -0.2) is 12.8 Å². The molecule has 0 radical (unpaired) electrons. The zero-order chi connectivity index (χ0) is 25.3. The zero-order valence-electron chi connectivity index (χ0n) is 17.5. The molecule has 1 aliphatic rings. The molecule has 3 rings (SSSR count). The number of hydrogen-bond donors (Lipinski definition) is 1. The Bertz CT molecular complexity index is 1240. The van der Waals surface area contributed by atoms with Crippen LogP contribution in [0, 0.1) is 0 Å². The molecule has 34 heavy (non-hydrogen) atoms. The Morgan fingerprint density at radius 1 is 1.21 bits per heavy atom. The Hall–Kier alpha value is -2.34. The van der Waals surface area contributed by atoms with E-state index in [1.165, 1.54) is 25.3 Å². The molecular formula is C21H18Cl2F4N2O4S. The summed E-state index contributed by atoms with van der Waals surface area (Å²) in [5.41, 5.74) is -0.977. The monoisotopic (exact) mass is 540 g/mol. The number of alkyl halides is 3. The molecule has 0 bridgehead atoms. The van der Waals surface area contributed by atoms with E-state index in [1.54, 1.807) is 0 Å². The molecule has 1 amide bonds. The first kappa shape index (κ1) is 26.3. The molecule has 1 heterocycles. The van der Waals surface area contributed by atoms with E-state index in [-0.39, 0.29) is 34.2 Å². The number of sulfonamides is 1. The van der Waals surface area contributed by atoms with Gasteiger partial charge in [0.1, 0.15) is 22.5 Å². The Labute approximate surface area is 203 Å². The number of carbonyl (C=O) groups excluding carboxylic acids is 1. The van der Waals surface area contributed by atoms with Crippen LogP contribution in [0.3, 0.4) is 0 Å². The Balaban J connectivity index is 1.87. The van der Waals surface area contributed by atoms with E-state index < -0.39 is 51.1 Å². The normalized spacial score (nSPS) is 17.3. The maximum Gasteiger partial charge on any atom is 0.417 e. The molecule has 0 aromatic heterocycles. The molecule has 1 atom stereocenters. The summed E-state index contributed by atoms with van der Waals surface area (Å²) >= 11 is 11.5. The van der Waals surface area contributed by atoms with Crippen LogP contribution >= 0.6 is 23.2 Å². The highest BCUT2D eigenvalue weighted by Gasteiger charge is 2.40. The predicted molar refractivity (Wildman–Crippen MR) is 118 cm³/mol. The maximum atomic E-state index is 14.1. The molecule has 1 unspecified atom stereocenters. The fourth-order valence-electron chi connectivity index (χ4n) is 3.36. The largest absolute Gasteiger partial charge is 0.495 e. The number of carbonyl (C=O) groups is 1. The summed E-state index contributed by atoms with van der Waals surface area (Å²) in [5.74, 6) is -1.64. The van der Waals surface area contributed by atoms with Crippen LogP contribution in [0.4, 0.5) is 17.6 Å². The number of benzene rings is 2. The van der Waals surface area contributed by atoms with Crippen molar-refractivity contribution in [2.24, 2.45) is 0 Å². The molecular weight excluding hydrogens is 523 g/mol. The summed E-state index contributed by atoms with van der Waals surface area (Å²) in [4.78, 5) is 12.5. The predicted octanol–water partition coefficient (Wildman–Crippen LogP) is 4.95. The molecule has 1 aliphatic heterocycles. The number of ether oxygens (including phenoxy) is 1. The second kappa shape index (κ2) is 10.1. The molecule has 6 nitrogen and oxygen atoms in total. The third-order valence-electron chi connectivity index (χ3n) is 5.03. The van der Waals surface area contributed by atoms with Gasteiger partial charge in [-0.3, -0.25) is 4.79 Å². The number of amides is 1. The van der Waals surface area contributed by atoms with Crippen molar-refractivity contribution >= 4 is 39.1 Å². The summed E-state index contributed by atoms with van der Waals surface area (Å²) < 4.78 is 85.7. The van der Waals surface area contributed by atoms with Crippen LogP contribution in [0.5, 0.6) is 5.75 Å². The van der Waals surface area contributed by atoms with Crippen molar-refractivity contribution in [3.63, 3.8) is 0 Å². The van der Waals surface area contributed by atoms with Crippen LogP contribution in [-0.2, 0) is 27.5 Å². The second-order valence-corrected chi connectivity index (χ2v) is 9.98. The van der Waals surface area contributed by atoms with Gasteiger partial charge in [0.25, 0.3) is 0 Å². The summed E-state index contributed by atoms with van der Waals surface area (Å²) in [5, 5.41) is 1.99. The summed E-state index contributed by atoms with van der Waals surface area (Å²) in [6, 6.07) is 5.61. The van der Waals surface area contributed by atoms with Crippen LogP contribution in [0.2, 0.25) is 10.0 Å². The van der Waals surface area contributed by atoms with Crippen molar-refractivity contribution in [2.45, 2.75) is 30.1 Å². The van der Waals surface area contributed by atoms with Crippen molar-refractivity contribution in [2.75, 3.05) is 13.7 Å². The smallest absolute Gasteiger partial charge is 0.417 e. The number of nitrogens with one attached hydrogen (secondary N) is 1. The van der Waals surface area contributed by atoms with Gasteiger partial charge in [0.15, 0.2) is 0 Å². The van der Waals surface area contributed by atoms with Crippen LogP contribution in [0.15, 0.2) is 53.2 Å². The van der Waals surface area contributed by atoms with Gasteiger partial charge in [0, 0.05) is 11.6 Å². The minimum Gasteiger partial charge on any atom is -0.495 e. The standard InChI is InChI=1S/C21H18Cl2F4N2O4S/c1-33-18-7-3-13(22)9-19(18)34(31,32)29-11-14(24)4-6-17(29)20(30)28-10-12-2-5-16(23)15(8-12)21(25,26)27/h2-5,7-9,17H,6,10-11H2,1H3,(H,28,30). The number of hydrogen-bond acceptors (Lipinski definition) is 4. The highest BCUT2D eigenvalue weighted by molar-refractivity contribution is 7.89. The Morgan fingerprint density at radius 2 is 1.91 bits per heavy atom. The SMILES string of the molecule is COc1ccc(Cl)cc1S(=O)(=O)N1CC(F)=CCC1C(=O)NCc1ccc(Cl)c(C(F)(F)F)c1. The lowest BCUT2D eigenvalue weighted by atomic mass is 10.1. The molecule has 0 aliphatic carbocycles. The zero-order valence-corrected chi connectivity index (χ0v) is 19.8. The molecule has 2 aromatic rings. The molecule has 13 heteroatoms. The third kappa shape index (κ3) is 5.65. The summed E-state index contributed by atoms with van der Waals surface area (Å²) in [6.45, 7) is -1.05. The van der Waals surface area contributed by atoms with E-state index in [4.69, 9.17) is 27.9 Å². The number of rotatable bonds is 6. The van der Waals surface area contributed by atoms with Crippen molar-refractivity contribution in [3.05, 3.63) is 69.5 Å². The highest BCUT2D eigenvalue weighted by atomic mass is 35.5. The molecule has 0 saturated carbocycles. The molecule has 184 valence electrons. The fourth-order valence-corrected chi connectivity index (χ4v) is 5.56. The van der Waals surface area contributed by atoms with Gasteiger partial charge in [0.05, 0.1) is 24.2 Å². The number of nitrogens with zero attached hydrogens (tertiary/aromatic N) is 1. The number of halogens is 6. The Morgan fingerprint density at radius 3 is 2.56 bits per heavy atom. The average molecular weight is 541 g/mol. The van der Waals surface area contributed by atoms with Gasteiger partial charge >= 0.3 is 6.18 Å². The first-order chi connectivity index (χ1) is 15.8. The fraction of sp³-hybridized carbons (Fsp3) is 0.286. The molecule has 0 saturated heterocycles.